The lowest BCUT2D eigenvalue weighted by atomic mass is 9.98. The van der Waals surface area contributed by atoms with Crippen LogP contribution in [0.1, 0.15) is 37.7 Å². The molecule has 0 radical (unpaired) electrons. The minimum Gasteiger partial charge on any atom is -0.0887 e. The van der Waals surface area contributed by atoms with Gasteiger partial charge in [0.2, 0.25) is 0 Å². The van der Waals surface area contributed by atoms with Crippen LogP contribution in [0.5, 0.6) is 0 Å². The molecule has 2 rings (SSSR count). The smallest absolute Gasteiger partial charge is 0.0438 e. The van der Waals surface area contributed by atoms with E-state index in [-0.39, 0.29) is 0 Å². The minimum atomic E-state index is 0.579. The molecule has 1 aliphatic carbocycles. The second-order valence-electron chi connectivity index (χ2n) is 4.78. The second kappa shape index (κ2) is 6.07. The van der Waals surface area contributed by atoms with Crippen molar-refractivity contribution >= 4 is 27.5 Å². The molecule has 0 spiro atoms. The molecule has 0 aliphatic heterocycles. The Hall–Kier alpha value is -0.0100. The van der Waals surface area contributed by atoms with Crippen molar-refractivity contribution in [3.8, 4) is 0 Å². The molecule has 1 saturated carbocycles. The molecular weight excluding hydrogens is 284 g/mol. The Morgan fingerprint density at radius 2 is 1.94 bits per heavy atom. The van der Waals surface area contributed by atoms with E-state index >= 15 is 0 Å². The van der Waals surface area contributed by atoms with Crippen molar-refractivity contribution in [3.05, 3.63) is 34.9 Å². The van der Waals surface area contributed by atoms with Gasteiger partial charge in [0.1, 0.15) is 0 Å². The fourth-order valence-corrected chi connectivity index (χ4v) is 3.68. The monoisotopic (exact) mass is 300 g/mol. The van der Waals surface area contributed by atoms with Crippen molar-refractivity contribution in [1.29, 1.82) is 0 Å². The number of rotatable bonds is 4. The van der Waals surface area contributed by atoms with Gasteiger partial charge < -0.3 is 0 Å². The summed E-state index contributed by atoms with van der Waals surface area (Å²) in [6.07, 6.45) is 8.05. The molecule has 0 heterocycles. The first-order valence-corrected chi connectivity index (χ1v) is 7.42. The molecule has 1 aromatic carbocycles. The molecule has 2 heteroatoms. The Bertz CT molecular complexity index is 331. The van der Waals surface area contributed by atoms with Crippen LogP contribution < -0.4 is 0 Å². The molecule has 16 heavy (non-hydrogen) atoms. The zero-order valence-electron chi connectivity index (χ0n) is 9.46. The van der Waals surface area contributed by atoms with E-state index in [0.29, 0.717) is 4.83 Å². The van der Waals surface area contributed by atoms with Gasteiger partial charge in [-0.3, -0.25) is 0 Å². The highest BCUT2D eigenvalue weighted by molar-refractivity contribution is 9.09. The molecule has 1 aliphatic rings. The van der Waals surface area contributed by atoms with E-state index in [1.807, 2.05) is 12.1 Å². The molecule has 1 fully saturated rings. The minimum absolute atomic E-state index is 0.579. The number of hydrogen-bond donors (Lipinski definition) is 0. The fourth-order valence-electron chi connectivity index (χ4n) is 2.59. The van der Waals surface area contributed by atoms with Crippen molar-refractivity contribution in [1.82, 2.24) is 0 Å². The first kappa shape index (κ1) is 12.4. The Morgan fingerprint density at radius 3 is 2.62 bits per heavy atom. The molecular formula is C14H18BrCl. The van der Waals surface area contributed by atoms with Crippen LogP contribution >= 0.6 is 27.5 Å². The molecule has 88 valence electrons. The molecule has 0 nitrogen and oxygen atoms in total. The fraction of sp³-hybridized carbons (Fsp3) is 0.571. The Labute approximate surface area is 112 Å². The maximum atomic E-state index is 6.16. The quantitative estimate of drug-likeness (QED) is 0.668. The topological polar surface area (TPSA) is 0 Å². The van der Waals surface area contributed by atoms with Gasteiger partial charge in [-0.15, -0.1) is 0 Å². The van der Waals surface area contributed by atoms with Gasteiger partial charge in [-0.05, 0) is 30.4 Å². The second-order valence-corrected chi connectivity index (χ2v) is 6.48. The van der Waals surface area contributed by atoms with Gasteiger partial charge in [0, 0.05) is 9.85 Å². The zero-order valence-corrected chi connectivity index (χ0v) is 11.8. The van der Waals surface area contributed by atoms with Crippen molar-refractivity contribution in [2.75, 3.05) is 0 Å². The molecule has 0 saturated heterocycles. The molecule has 0 bridgehead atoms. The largest absolute Gasteiger partial charge is 0.0887 e. The van der Waals surface area contributed by atoms with Crippen LogP contribution in [0.3, 0.4) is 0 Å². The molecule has 0 amide bonds. The summed E-state index contributed by atoms with van der Waals surface area (Å²) in [4.78, 5) is 0.579. The Kier molecular flexibility index (Phi) is 4.72. The number of benzene rings is 1. The first-order valence-electron chi connectivity index (χ1n) is 6.13. The van der Waals surface area contributed by atoms with E-state index in [4.69, 9.17) is 11.6 Å². The highest BCUT2D eigenvalue weighted by Gasteiger charge is 2.19. The average molecular weight is 302 g/mol. The summed E-state index contributed by atoms with van der Waals surface area (Å²) in [5.41, 5.74) is 1.27. The highest BCUT2D eigenvalue weighted by atomic mass is 79.9. The third kappa shape index (κ3) is 3.49. The van der Waals surface area contributed by atoms with Crippen LogP contribution in [0.4, 0.5) is 0 Å². The van der Waals surface area contributed by atoms with Crippen LogP contribution in [0, 0.1) is 5.92 Å². The van der Waals surface area contributed by atoms with Gasteiger partial charge in [0.15, 0.2) is 0 Å². The maximum Gasteiger partial charge on any atom is 0.0438 e. The summed E-state index contributed by atoms with van der Waals surface area (Å²) in [7, 11) is 0. The maximum absolute atomic E-state index is 6.16. The van der Waals surface area contributed by atoms with Crippen LogP contribution in [0.25, 0.3) is 0 Å². The summed E-state index contributed by atoms with van der Waals surface area (Å²) in [5, 5.41) is 0.901. The average Bonchev–Trinajstić information content (AvgIpc) is 2.74. The van der Waals surface area contributed by atoms with Gasteiger partial charge in [-0.2, -0.15) is 0 Å². The molecule has 1 unspecified atom stereocenters. The van der Waals surface area contributed by atoms with Crippen molar-refractivity contribution in [2.24, 2.45) is 5.92 Å². The third-order valence-electron chi connectivity index (χ3n) is 3.46. The van der Waals surface area contributed by atoms with E-state index < -0.39 is 0 Å². The predicted molar refractivity (Wildman–Crippen MR) is 74.4 cm³/mol. The number of alkyl halides is 1. The summed E-state index contributed by atoms with van der Waals surface area (Å²) in [6, 6.07) is 8.17. The lowest BCUT2D eigenvalue weighted by molar-refractivity contribution is 0.495. The van der Waals surface area contributed by atoms with Gasteiger partial charge >= 0.3 is 0 Å². The SMILES string of the molecule is Clc1ccccc1CC(Br)CC1CCCC1. The van der Waals surface area contributed by atoms with E-state index in [0.717, 1.165) is 17.4 Å². The van der Waals surface area contributed by atoms with Crippen molar-refractivity contribution in [3.63, 3.8) is 0 Å². The van der Waals surface area contributed by atoms with E-state index in [9.17, 15) is 0 Å². The molecule has 0 aromatic heterocycles. The van der Waals surface area contributed by atoms with Crippen molar-refractivity contribution in [2.45, 2.75) is 43.4 Å². The molecule has 1 aromatic rings. The van der Waals surface area contributed by atoms with E-state index in [1.54, 1.807) is 0 Å². The standard InChI is InChI=1S/C14H18BrCl/c15-13(9-11-5-1-2-6-11)10-12-7-3-4-8-14(12)16/h3-4,7-8,11,13H,1-2,5-6,9-10H2. The summed E-state index contributed by atoms with van der Waals surface area (Å²) in [6.45, 7) is 0. The molecule has 1 atom stereocenters. The van der Waals surface area contributed by atoms with Gasteiger partial charge in [0.25, 0.3) is 0 Å². The van der Waals surface area contributed by atoms with Crippen LogP contribution in [0.2, 0.25) is 5.02 Å². The van der Waals surface area contributed by atoms with Crippen LogP contribution in [0.15, 0.2) is 24.3 Å². The van der Waals surface area contributed by atoms with E-state index in [2.05, 4.69) is 28.1 Å². The normalized spacial score (nSPS) is 18.9. The Morgan fingerprint density at radius 1 is 1.25 bits per heavy atom. The Balaban J connectivity index is 1.86. The van der Waals surface area contributed by atoms with Gasteiger partial charge in [0.05, 0.1) is 0 Å². The summed E-state index contributed by atoms with van der Waals surface area (Å²) >= 11 is 9.96. The summed E-state index contributed by atoms with van der Waals surface area (Å²) < 4.78 is 0. The predicted octanol–water partition coefficient (Wildman–Crippen LogP) is 5.23. The van der Waals surface area contributed by atoms with Crippen LogP contribution in [-0.4, -0.2) is 4.83 Å². The summed E-state index contributed by atoms with van der Waals surface area (Å²) in [5.74, 6) is 0.937. The lowest BCUT2D eigenvalue weighted by Crippen LogP contribution is -2.08. The number of hydrogen-bond acceptors (Lipinski definition) is 0. The third-order valence-corrected chi connectivity index (χ3v) is 4.53. The number of halogens is 2. The van der Waals surface area contributed by atoms with Crippen molar-refractivity contribution < 1.29 is 0 Å². The lowest BCUT2D eigenvalue weighted by Gasteiger charge is -2.15. The zero-order chi connectivity index (χ0) is 11.4. The van der Waals surface area contributed by atoms with Crippen LogP contribution in [-0.2, 0) is 6.42 Å². The van der Waals surface area contributed by atoms with Gasteiger partial charge in [-0.1, -0.05) is 71.4 Å². The first-order chi connectivity index (χ1) is 7.75. The molecule has 0 N–H and O–H groups in total. The highest BCUT2D eigenvalue weighted by Crippen LogP contribution is 2.32. The van der Waals surface area contributed by atoms with Gasteiger partial charge in [-0.25, -0.2) is 0 Å². The van der Waals surface area contributed by atoms with E-state index in [1.165, 1.54) is 37.7 Å².